The Balaban J connectivity index is 0.000000531. The van der Waals surface area contributed by atoms with Crippen molar-refractivity contribution in [3.05, 3.63) is 41.0 Å². The number of hydrogen-bond donors (Lipinski definition) is 0. The van der Waals surface area contributed by atoms with Gasteiger partial charge in [-0.3, -0.25) is 0 Å². The predicted octanol–water partition coefficient (Wildman–Crippen LogP) is 4.48. The van der Waals surface area contributed by atoms with Crippen LogP contribution in [0.15, 0.2) is 24.3 Å². The van der Waals surface area contributed by atoms with E-state index in [4.69, 9.17) is 0 Å². The van der Waals surface area contributed by atoms with E-state index in [1.165, 1.54) is 23.1 Å². The summed E-state index contributed by atoms with van der Waals surface area (Å²) in [6.45, 7) is 8.53. The highest BCUT2D eigenvalue weighted by atomic mass is 14.1. The summed E-state index contributed by atoms with van der Waals surface area (Å²) < 4.78 is 0. The van der Waals surface area contributed by atoms with Crippen molar-refractivity contribution in [2.45, 2.75) is 40.5 Å². The van der Waals surface area contributed by atoms with Crippen molar-refractivity contribution in [3.8, 4) is 0 Å². The third-order valence-electron chi connectivity index (χ3n) is 2.49. The molecule has 0 aliphatic heterocycles. The normalized spacial score (nSPS) is 12.3. The second kappa shape index (κ2) is 5.75. The Hall–Kier alpha value is -1.04. The molecule has 1 aromatic carbocycles. The van der Waals surface area contributed by atoms with Gasteiger partial charge in [0.05, 0.1) is 0 Å². The molecule has 15 heavy (non-hydrogen) atoms. The topological polar surface area (TPSA) is 0 Å². The fraction of sp³-hybridized carbons (Fsp3) is 0.467. The van der Waals surface area contributed by atoms with Gasteiger partial charge in [-0.25, -0.2) is 0 Å². The smallest absolute Gasteiger partial charge is 0.00882 e. The Labute approximate surface area is 94.0 Å². The van der Waals surface area contributed by atoms with Crippen molar-refractivity contribution < 1.29 is 0 Å². The minimum Gasteiger partial charge on any atom is -0.0795 e. The molecule has 0 heterocycles. The van der Waals surface area contributed by atoms with Gasteiger partial charge in [0.25, 0.3) is 0 Å². The molecule has 1 aliphatic rings. The van der Waals surface area contributed by atoms with E-state index >= 15 is 0 Å². The van der Waals surface area contributed by atoms with E-state index in [1.54, 1.807) is 0 Å². The van der Waals surface area contributed by atoms with Crippen LogP contribution in [0.3, 0.4) is 0 Å². The van der Waals surface area contributed by atoms with Gasteiger partial charge in [-0.1, -0.05) is 58.0 Å². The fourth-order valence-corrected chi connectivity index (χ4v) is 1.90. The van der Waals surface area contributed by atoms with Crippen LogP contribution in [-0.4, -0.2) is 0 Å². The van der Waals surface area contributed by atoms with Gasteiger partial charge in [0.2, 0.25) is 0 Å². The fourth-order valence-electron chi connectivity index (χ4n) is 1.90. The Morgan fingerprint density at radius 2 is 1.93 bits per heavy atom. The lowest BCUT2D eigenvalue weighted by Gasteiger charge is -2.06. The number of fused-ring (bicyclic) bond motifs is 1. The standard InChI is InChI=1S/C13H16.C2H6/c1-10(2)8-11-6-7-12-4-3-5-13(12)9-11;1-2/h3,5-7,9-10H,4,8H2,1-2H3;1-2H3. The molecule has 0 heteroatoms. The third-order valence-corrected chi connectivity index (χ3v) is 2.49. The zero-order valence-corrected chi connectivity index (χ0v) is 10.4. The van der Waals surface area contributed by atoms with Crippen molar-refractivity contribution in [3.63, 3.8) is 0 Å². The van der Waals surface area contributed by atoms with Gasteiger partial charge in [-0.2, -0.15) is 0 Å². The summed E-state index contributed by atoms with van der Waals surface area (Å²) in [7, 11) is 0. The van der Waals surface area contributed by atoms with Crippen molar-refractivity contribution in [2.75, 3.05) is 0 Å². The first-order chi connectivity index (χ1) is 7.25. The zero-order valence-electron chi connectivity index (χ0n) is 10.4. The Bertz CT molecular complexity index is 332. The highest BCUT2D eigenvalue weighted by Crippen LogP contribution is 2.21. The van der Waals surface area contributed by atoms with Crippen LogP contribution < -0.4 is 0 Å². The van der Waals surface area contributed by atoms with Crippen LogP contribution in [0, 0.1) is 5.92 Å². The van der Waals surface area contributed by atoms with Gasteiger partial charge >= 0.3 is 0 Å². The van der Waals surface area contributed by atoms with Crippen molar-refractivity contribution in [1.29, 1.82) is 0 Å². The molecule has 0 bridgehead atoms. The van der Waals surface area contributed by atoms with Gasteiger partial charge < -0.3 is 0 Å². The van der Waals surface area contributed by atoms with E-state index in [2.05, 4.69) is 44.2 Å². The Morgan fingerprint density at radius 1 is 1.20 bits per heavy atom. The van der Waals surface area contributed by atoms with Crippen LogP contribution in [0.1, 0.15) is 44.4 Å². The Morgan fingerprint density at radius 3 is 2.60 bits per heavy atom. The van der Waals surface area contributed by atoms with E-state index in [0.29, 0.717) is 0 Å². The quantitative estimate of drug-likeness (QED) is 0.663. The van der Waals surface area contributed by atoms with Gasteiger partial charge in [0.1, 0.15) is 0 Å². The minimum atomic E-state index is 0.753. The molecule has 0 N–H and O–H groups in total. The van der Waals surface area contributed by atoms with Crippen molar-refractivity contribution in [2.24, 2.45) is 5.92 Å². The summed E-state index contributed by atoms with van der Waals surface area (Å²) in [6.07, 6.45) is 6.79. The molecule has 0 radical (unpaired) electrons. The van der Waals surface area contributed by atoms with Crippen LogP contribution in [0.25, 0.3) is 6.08 Å². The average Bonchev–Trinajstić information content (AvgIpc) is 2.67. The van der Waals surface area contributed by atoms with E-state index in [1.807, 2.05) is 13.8 Å². The summed E-state index contributed by atoms with van der Waals surface area (Å²) in [5.74, 6) is 0.753. The number of benzene rings is 1. The molecular formula is C15H22. The molecule has 0 aromatic heterocycles. The molecule has 0 saturated heterocycles. The highest BCUT2D eigenvalue weighted by Gasteiger charge is 2.05. The predicted molar refractivity (Wildman–Crippen MR) is 69.1 cm³/mol. The molecule has 2 rings (SSSR count). The lowest BCUT2D eigenvalue weighted by atomic mass is 9.99. The average molecular weight is 202 g/mol. The Kier molecular flexibility index (Phi) is 4.61. The van der Waals surface area contributed by atoms with E-state index in [9.17, 15) is 0 Å². The van der Waals surface area contributed by atoms with Gasteiger partial charge in [-0.05, 0) is 35.4 Å². The van der Waals surface area contributed by atoms with E-state index in [0.717, 1.165) is 12.3 Å². The molecule has 0 unspecified atom stereocenters. The molecule has 82 valence electrons. The highest BCUT2D eigenvalue weighted by molar-refractivity contribution is 5.60. The van der Waals surface area contributed by atoms with Crippen molar-refractivity contribution >= 4 is 6.08 Å². The number of allylic oxidation sites excluding steroid dienone is 1. The maximum Gasteiger partial charge on any atom is -0.00882 e. The second-order valence-electron chi connectivity index (χ2n) is 4.24. The number of rotatable bonds is 2. The largest absolute Gasteiger partial charge is 0.0795 e. The number of hydrogen-bond acceptors (Lipinski definition) is 0. The first kappa shape index (κ1) is 12.0. The second-order valence-corrected chi connectivity index (χ2v) is 4.24. The molecule has 0 amide bonds. The SMILES string of the molecule is CC.CC(C)Cc1ccc2c(c1)C=CC2. The lowest BCUT2D eigenvalue weighted by molar-refractivity contribution is 0.647. The zero-order chi connectivity index (χ0) is 11.3. The summed E-state index contributed by atoms with van der Waals surface area (Å²) in [6, 6.07) is 6.87. The van der Waals surface area contributed by atoms with E-state index in [-0.39, 0.29) is 0 Å². The van der Waals surface area contributed by atoms with Crippen LogP contribution in [0.2, 0.25) is 0 Å². The summed E-state index contributed by atoms with van der Waals surface area (Å²) >= 11 is 0. The minimum absolute atomic E-state index is 0.753. The van der Waals surface area contributed by atoms with Crippen molar-refractivity contribution in [1.82, 2.24) is 0 Å². The van der Waals surface area contributed by atoms with E-state index < -0.39 is 0 Å². The molecule has 0 fully saturated rings. The maximum absolute atomic E-state index is 2.33. The molecule has 0 spiro atoms. The molecule has 0 saturated carbocycles. The van der Waals surface area contributed by atoms with Crippen LogP contribution >= 0.6 is 0 Å². The molecule has 1 aromatic rings. The molecule has 1 aliphatic carbocycles. The third kappa shape index (κ3) is 3.23. The first-order valence-electron chi connectivity index (χ1n) is 6.04. The van der Waals surface area contributed by atoms with Gasteiger partial charge in [-0.15, -0.1) is 0 Å². The van der Waals surface area contributed by atoms with Gasteiger partial charge in [0, 0.05) is 0 Å². The maximum atomic E-state index is 2.33. The monoisotopic (exact) mass is 202 g/mol. The summed E-state index contributed by atoms with van der Waals surface area (Å²) in [5, 5.41) is 0. The van der Waals surface area contributed by atoms with Crippen LogP contribution in [0.5, 0.6) is 0 Å². The molecule has 0 atom stereocenters. The summed E-state index contributed by atoms with van der Waals surface area (Å²) in [5.41, 5.74) is 4.38. The molecule has 0 nitrogen and oxygen atoms in total. The van der Waals surface area contributed by atoms with Gasteiger partial charge in [0.15, 0.2) is 0 Å². The summed E-state index contributed by atoms with van der Waals surface area (Å²) in [4.78, 5) is 0. The lowest BCUT2D eigenvalue weighted by Crippen LogP contribution is -1.94. The molecular weight excluding hydrogens is 180 g/mol. The van der Waals surface area contributed by atoms with Crippen LogP contribution in [-0.2, 0) is 12.8 Å². The first-order valence-corrected chi connectivity index (χ1v) is 6.04. The van der Waals surface area contributed by atoms with Crippen LogP contribution in [0.4, 0.5) is 0 Å².